The lowest BCUT2D eigenvalue weighted by molar-refractivity contribution is 0.963. The molecule has 0 aliphatic heterocycles. The van der Waals surface area contributed by atoms with E-state index in [1.807, 2.05) is 6.21 Å². The minimum absolute atomic E-state index is 1.04. The van der Waals surface area contributed by atoms with Crippen molar-refractivity contribution in [3.8, 4) is 5.69 Å². The number of nitrogens with zero attached hydrogens (tertiary/aromatic N) is 2. The molecule has 2 nitrogen and oxygen atoms in total. The zero-order chi connectivity index (χ0) is 17.3. The van der Waals surface area contributed by atoms with Gasteiger partial charge in [0.1, 0.15) is 0 Å². The third-order valence-electron chi connectivity index (χ3n) is 4.44. The van der Waals surface area contributed by atoms with Crippen LogP contribution in [0.1, 0.15) is 33.6 Å². The molecule has 0 aliphatic carbocycles. The van der Waals surface area contributed by atoms with Crippen molar-refractivity contribution in [2.75, 3.05) is 0 Å². The van der Waals surface area contributed by atoms with Crippen molar-refractivity contribution in [1.82, 2.24) is 4.57 Å². The van der Waals surface area contributed by atoms with E-state index >= 15 is 0 Å². The van der Waals surface area contributed by atoms with Crippen molar-refractivity contribution in [3.63, 3.8) is 0 Å². The number of hydrogen-bond donors (Lipinski definition) is 0. The van der Waals surface area contributed by atoms with Crippen LogP contribution in [0.15, 0.2) is 53.5 Å². The minimum atomic E-state index is 1.04. The molecule has 24 heavy (non-hydrogen) atoms. The van der Waals surface area contributed by atoms with Gasteiger partial charge in [0.05, 0.1) is 5.69 Å². The zero-order valence-corrected chi connectivity index (χ0v) is 15.1. The molecule has 2 aromatic carbocycles. The molecule has 1 aromatic heterocycles. The van der Waals surface area contributed by atoms with Crippen molar-refractivity contribution >= 4 is 11.9 Å². The Morgan fingerprint density at radius 2 is 1.58 bits per heavy atom. The SMILES string of the molecule is Cc1cccc(-n2c(C)cc(C=Nc3cc(C)ccc3C)c2C)c1. The summed E-state index contributed by atoms with van der Waals surface area (Å²) in [5.74, 6) is 0. The van der Waals surface area contributed by atoms with Gasteiger partial charge in [-0.2, -0.15) is 0 Å². The molecule has 0 N–H and O–H groups in total. The van der Waals surface area contributed by atoms with Crippen LogP contribution in [0.3, 0.4) is 0 Å². The molecule has 0 saturated carbocycles. The summed E-state index contributed by atoms with van der Waals surface area (Å²) in [4.78, 5) is 4.73. The first-order chi connectivity index (χ1) is 11.5. The maximum absolute atomic E-state index is 4.73. The number of aliphatic imine (C=N–C) groups is 1. The zero-order valence-electron chi connectivity index (χ0n) is 15.1. The Bertz CT molecular complexity index is 914. The van der Waals surface area contributed by atoms with Gasteiger partial charge in [0.25, 0.3) is 0 Å². The molecule has 0 atom stereocenters. The molecule has 1 heterocycles. The van der Waals surface area contributed by atoms with Crippen LogP contribution >= 0.6 is 0 Å². The fourth-order valence-electron chi connectivity index (χ4n) is 3.08. The third kappa shape index (κ3) is 3.18. The van der Waals surface area contributed by atoms with Crippen molar-refractivity contribution in [3.05, 3.63) is 82.2 Å². The predicted octanol–water partition coefficient (Wildman–Crippen LogP) is 5.77. The molecule has 0 radical (unpaired) electrons. The number of aryl methyl sites for hydroxylation is 4. The summed E-state index contributed by atoms with van der Waals surface area (Å²) in [5, 5.41) is 0. The molecule has 0 spiro atoms. The first kappa shape index (κ1) is 16.3. The van der Waals surface area contributed by atoms with Crippen molar-refractivity contribution < 1.29 is 0 Å². The first-order valence-electron chi connectivity index (χ1n) is 8.33. The Balaban J connectivity index is 2.00. The smallest absolute Gasteiger partial charge is 0.0661 e. The molecule has 2 heteroatoms. The predicted molar refractivity (Wildman–Crippen MR) is 103 cm³/mol. The molecule has 0 bridgehead atoms. The fraction of sp³-hybridized carbons (Fsp3) is 0.227. The van der Waals surface area contributed by atoms with E-state index in [0.29, 0.717) is 0 Å². The largest absolute Gasteiger partial charge is 0.318 e. The van der Waals surface area contributed by atoms with Crippen LogP contribution in [0.4, 0.5) is 5.69 Å². The molecule has 0 fully saturated rings. The first-order valence-corrected chi connectivity index (χ1v) is 8.33. The molecule has 122 valence electrons. The van der Waals surface area contributed by atoms with Gasteiger partial charge in [-0.3, -0.25) is 4.99 Å². The normalized spacial score (nSPS) is 11.4. The van der Waals surface area contributed by atoms with Crippen LogP contribution in [0.25, 0.3) is 5.69 Å². The van der Waals surface area contributed by atoms with E-state index in [1.54, 1.807) is 0 Å². The average molecular weight is 316 g/mol. The number of benzene rings is 2. The van der Waals surface area contributed by atoms with E-state index in [2.05, 4.69) is 87.7 Å². The van der Waals surface area contributed by atoms with Crippen molar-refractivity contribution in [2.24, 2.45) is 4.99 Å². The summed E-state index contributed by atoms with van der Waals surface area (Å²) < 4.78 is 2.29. The summed E-state index contributed by atoms with van der Waals surface area (Å²) in [6.07, 6.45) is 1.98. The van der Waals surface area contributed by atoms with Gasteiger partial charge in [-0.05, 0) is 75.6 Å². The monoisotopic (exact) mass is 316 g/mol. The van der Waals surface area contributed by atoms with Crippen LogP contribution in [0.2, 0.25) is 0 Å². The molecule has 3 rings (SSSR count). The maximum Gasteiger partial charge on any atom is 0.0661 e. The number of hydrogen-bond acceptors (Lipinski definition) is 1. The maximum atomic E-state index is 4.73. The second kappa shape index (κ2) is 6.48. The lowest BCUT2D eigenvalue weighted by Crippen LogP contribution is -1.99. The van der Waals surface area contributed by atoms with Crippen LogP contribution in [-0.2, 0) is 0 Å². The second-order valence-corrected chi connectivity index (χ2v) is 6.55. The van der Waals surface area contributed by atoms with Gasteiger partial charge in [0.15, 0.2) is 0 Å². The van der Waals surface area contributed by atoms with Gasteiger partial charge in [-0.15, -0.1) is 0 Å². The highest BCUT2D eigenvalue weighted by Gasteiger charge is 2.09. The van der Waals surface area contributed by atoms with Gasteiger partial charge in [0.2, 0.25) is 0 Å². The van der Waals surface area contributed by atoms with Crippen LogP contribution in [-0.4, -0.2) is 10.8 Å². The average Bonchev–Trinajstić information content (AvgIpc) is 2.82. The van der Waals surface area contributed by atoms with E-state index in [-0.39, 0.29) is 0 Å². The van der Waals surface area contributed by atoms with Gasteiger partial charge in [-0.25, -0.2) is 0 Å². The number of rotatable bonds is 3. The van der Waals surface area contributed by atoms with Crippen LogP contribution < -0.4 is 0 Å². The highest BCUT2D eigenvalue weighted by Crippen LogP contribution is 2.23. The van der Waals surface area contributed by atoms with Crippen molar-refractivity contribution in [1.29, 1.82) is 0 Å². The van der Waals surface area contributed by atoms with Gasteiger partial charge >= 0.3 is 0 Å². The summed E-state index contributed by atoms with van der Waals surface area (Å²) in [7, 11) is 0. The number of aromatic nitrogens is 1. The van der Waals surface area contributed by atoms with Gasteiger partial charge < -0.3 is 4.57 Å². The van der Waals surface area contributed by atoms with Crippen LogP contribution in [0.5, 0.6) is 0 Å². The highest BCUT2D eigenvalue weighted by atomic mass is 15.0. The molecule has 0 amide bonds. The standard InChI is InChI=1S/C22H24N2/c1-15-7-6-8-21(11-15)24-18(4)13-20(19(24)5)14-23-22-12-16(2)9-10-17(22)3/h6-14H,1-5H3. The van der Waals surface area contributed by atoms with Gasteiger partial charge in [0, 0.05) is 28.9 Å². The Hall–Kier alpha value is -2.61. The van der Waals surface area contributed by atoms with E-state index in [0.717, 1.165) is 11.3 Å². The van der Waals surface area contributed by atoms with E-state index in [4.69, 9.17) is 4.99 Å². The second-order valence-electron chi connectivity index (χ2n) is 6.55. The van der Waals surface area contributed by atoms with Crippen LogP contribution in [0, 0.1) is 34.6 Å². The quantitative estimate of drug-likeness (QED) is 0.546. The summed E-state index contributed by atoms with van der Waals surface area (Å²) in [6, 6.07) is 17.2. The van der Waals surface area contributed by atoms with E-state index in [1.165, 1.54) is 33.8 Å². The van der Waals surface area contributed by atoms with Crippen molar-refractivity contribution in [2.45, 2.75) is 34.6 Å². The Morgan fingerprint density at radius 1 is 0.833 bits per heavy atom. The minimum Gasteiger partial charge on any atom is -0.318 e. The topological polar surface area (TPSA) is 17.3 Å². The molecule has 0 aliphatic rings. The van der Waals surface area contributed by atoms with E-state index in [9.17, 15) is 0 Å². The lowest BCUT2D eigenvalue weighted by Gasteiger charge is -2.10. The Kier molecular flexibility index (Phi) is 4.39. The highest BCUT2D eigenvalue weighted by molar-refractivity contribution is 5.84. The molecular weight excluding hydrogens is 292 g/mol. The summed E-state index contributed by atoms with van der Waals surface area (Å²) in [6.45, 7) is 10.6. The van der Waals surface area contributed by atoms with E-state index < -0.39 is 0 Å². The summed E-state index contributed by atoms with van der Waals surface area (Å²) in [5.41, 5.74) is 9.54. The molecule has 0 saturated heterocycles. The molecule has 0 unspecified atom stereocenters. The Morgan fingerprint density at radius 3 is 2.33 bits per heavy atom. The Labute approximate surface area is 144 Å². The third-order valence-corrected chi connectivity index (χ3v) is 4.44. The molecule has 3 aromatic rings. The lowest BCUT2D eigenvalue weighted by atomic mass is 10.1. The fourth-order valence-corrected chi connectivity index (χ4v) is 3.08. The summed E-state index contributed by atoms with van der Waals surface area (Å²) >= 11 is 0. The molecular formula is C22H24N2. The van der Waals surface area contributed by atoms with Gasteiger partial charge in [-0.1, -0.05) is 24.3 Å².